The smallest absolute Gasteiger partial charge is 0.445 e. The van der Waals surface area contributed by atoms with E-state index in [1.54, 1.807) is 0 Å². The molecule has 1 N–H and O–H groups in total. The molecular weight excluding hydrogens is 216 g/mol. The van der Waals surface area contributed by atoms with Gasteiger partial charge in [-0.25, -0.2) is 0 Å². The summed E-state index contributed by atoms with van der Waals surface area (Å²) >= 11 is 0. The van der Waals surface area contributed by atoms with Crippen LogP contribution in [0.5, 0.6) is 0 Å². The minimum atomic E-state index is -4.95. The van der Waals surface area contributed by atoms with Crippen LogP contribution in [-0.2, 0) is 0 Å². The second kappa shape index (κ2) is 4.22. The minimum Gasteiger partial charge on any atom is -0.445 e. The van der Waals surface area contributed by atoms with E-state index >= 15 is 0 Å². The number of hydrogen-bond donors (Lipinski definition) is 1. The molecule has 1 rings (SSSR count). The van der Waals surface area contributed by atoms with E-state index in [1.807, 2.05) is 0 Å². The quantitative estimate of drug-likeness (QED) is 0.573. The zero-order chi connectivity index (χ0) is 12.4. The normalized spacial score (nSPS) is 11.9. The lowest BCUT2D eigenvalue weighted by Crippen LogP contribution is -2.33. The molecule has 1 nitrogen and oxygen atoms in total. The van der Waals surface area contributed by atoms with E-state index in [0.29, 0.717) is 5.56 Å². The Labute approximate surface area is 92.4 Å². The van der Waals surface area contributed by atoms with Crippen molar-refractivity contribution >= 4 is 12.4 Å². The lowest BCUT2D eigenvalue weighted by molar-refractivity contribution is 0.143. The van der Waals surface area contributed by atoms with Crippen molar-refractivity contribution in [3.8, 4) is 11.8 Å². The van der Waals surface area contributed by atoms with Gasteiger partial charge in [-0.3, -0.25) is 0 Å². The van der Waals surface area contributed by atoms with Crippen molar-refractivity contribution in [3.05, 3.63) is 29.8 Å². The van der Waals surface area contributed by atoms with Gasteiger partial charge in [0.15, 0.2) is 0 Å². The van der Waals surface area contributed by atoms with Gasteiger partial charge < -0.3 is 18.1 Å². The number of aliphatic hydroxyl groups is 1. The maximum atomic E-state index is 12.3. The van der Waals surface area contributed by atoms with Gasteiger partial charge >= 0.3 is 6.98 Å². The Hall–Kier alpha value is -1.41. The standard InChI is InChI=1S/C11H11BF3O/c1-11(2,16)8-7-9-3-5-10(6-4-9)12(13,14)15/h3-6,16H,1-2H3/q-1. The Balaban J connectivity index is 2.91. The number of benzene rings is 1. The fraction of sp³-hybridized carbons (Fsp3) is 0.273. The molecule has 16 heavy (non-hydrogen) atoms. The van der Waals surface area contributed by atoms with Crippen molar-refractivity contribution in [3.63, 3.8) is 0 Å². The van der Waals surface area contributed by atoms with Gasteiger partial charge in [-0.05, 0) is 26.0 Å². The first-order valence-corrected chi connectivity index (χ1v) is 4.74. The average molecular weight is 227 g/mol. The van der Waals surface area contributed by atoms with Crippen LogP contribution in [0, 0.1) is 11.8 Å². The Bertz CT molecular complexity index is 418. The van der Waals surface area contributed by atoms with E-state index in [4.69, 9.17) is 0 Å². The van der Waals surface area contributed by atoms with Crippen molar-refractivity contribution in [1.82, 2.24) is 0 Å². The molecule has 0 aliphatic rings. The lowest BCUT2D eigenvalue weighted by atomic mass is 9.80. The fourth-order valence-corrected chi connectivity index (χ4v) is 1.01. The van der Waals surface area contributed by atoms with Gasteiger partial charge in [0.2, 0.25) is 0 Å². The molecule has 0 atom stereocenters. The van der Waals surface area contributed by atoms with Gasteiger partial charge in [0, 0.05) is 5.56 Å². The Kier molecular flexibility index (Phi) is 3.34. The monoisotopic (exact) mass is 227 g/mol. The molecule has 0 aliphatic heterocycles. The van der Waals surface area contributed by atoms with Gasteiger partial charge in [0.25, 0.3) is 0 Å². The third kappa shape index (κ3) is 3.99. The average Bonchev–Trinajstić information content (AvgIpc) is 2.13. The maximum Gasteiger partial charge on any atom is 0.509 e. The SMILES string of the molecule is CC(C)(O)C#Cc1ccc([B-](F)(F)F)cc1. The molecule has 0 heterocycles. The molecule has 0 spiro atoms. The molecule has 0 saturated heterocycles. The van der Waals surface area contributed by atoms with Crippen LogP contribution in [0.15, 0.2) is 24.3 Å². The topological polar surface area (TPSA) is 20.2 Å². The Morgan fingerprint density at radius 3 is 2.00 bits per heavy atom. The molecule has 0 bridgehead atoms. The second-order valence-electron chi connectivity index (χ2n) is 4.01. The largest absolute Gasteiger partial charge is 0.509 e. The van der Waals surface area contributed by atoms with Crippen molar-refractivity contribution < 1.29 is 18.1 Å². The third-order valence-electron chi connectivity index (χ3n) is 1.80. The molecule has 0 fully saturated rings. The highest BCUT2D eigenvalue weighted by atomic mass is 19.4. The van der Waals surface area contributed by atoms with E-state index in [9.17, 15) is 18.1 Å². The fourth-order valence-electron chi connectivity index (χ4n) is 1.01. The highest BCUT2D eigenvalue weighted by molar-refractivity contribution is 6.73. The number of halogens is 3. The van der Waals surface area contributed by atoms with E-state index in [2.05, 4.69) is 11.8 Å². The predicted molar refractivity (Wildman–Crippen MR) is 58.3 cm³/mol. The van der Waals surface area contributed by atoms with Crippen LogP contribution >= 0.6 is 0 Å². The zero-order valence-corrected chi connectivity index (χ0v) is 8.97. The highest BCUT2D eigenvalue weighted by Gasteiger charge is 2.24. The first-order chi connectivity index (χ1) is 7.18. The van der Waals surface area contributed by atoms with Crippen LogP contribution < -0.4 is 5.46 Å². The first kappa shape index (κ1) is 12.7. The van der Waals surface area contributed by atoms with E-state index in [-0.39, 0.29) is 0 Å². The van der Waals surface area contributed by atoms with Crippen LogP contribution in [0.1, 0.15) is 19.4 Å². The zero-order valence-electron chi connectivity index (χ0n) is 8.97. The number of hydrogen-bond acceptors (Lipinski definition) is 1. The summed E-state index contributed by atoms with van der Waals surface area (Å²) in [7, 11) is 0. The summed E-state index contributed by atoms with van der Waals surface area (Å²) in [4.78, 5) is 0. The van der Waals surface area contributed by atoms with Crippen LogP contribution in [0.2, 0.25) is 0 Å². The summed E-state index contributed by atoms with van der Waals surface area (Å²) in [5.74, 6) is 5.13. The highest BCUT2D eigenvalue weighted by Crippen LogP contribution is 2.09. The van der Waals surface area contributed by atoms with Crippen LogP contribution in [0.3, 0.4) is 0 Å². The summed E-state index contributed by atoms with van der Waals surface area (Å²) in [6.45, 7) is -1.94. The summed E-state index contributed by atoms with van der Waals surface area (Å²) < 4.78 is 36.8. The Morgan fingerprint density at radius 2 is 1.62 bits per heavy atom. The minimum absolute atomic E-state index is 0.450. The molecule has 1 aromatic rings. The molecule has 5 heteroatoms. The molecule has 86 valence electrons. The first-order valence-electron chi connectivity index (χ1n) is 4.74. The molecule has 1 aromatic carbocycles. The van der Waals surface area contributed by atoms with E-state index in [0.717, 1.165) is 12.1 Å². The molecule has 0 aliphatic carbocycles. The molecule has 0 unspecified atom stereocenters. The van der Waals surface area contributed by atoms with Crippen molar-refractivity contribution in [2.75, 3.05) is 0 Å². The lowest BCUT2D eigenvalue weighted by Gasteiger charge is -2.14. The molecule has 0 aromatic heterocycles. The predicted octanol–water partition coefficient (Wildman–Crippen LogP) is 1.86. The van der Waals surface area contributed by atoms with Gasteiger partial charge in [-0.1, -0.05) is 24.0 Å². The third-order valence-corrected chi connectivity index (χ3v) is 1.80. The van der Waals surface area contributed by atoms with Crippen LogP contribution in [0.25, 0.3) is 0 Å². The van der Waals surface area contributed by atoms with Gasteiger partial charge in [0.1, 0.15) is 5.60 Å². The Morgan fingerprint density at radius 1 is 1.12 bits per heavy atom. The van der Waals surface area contributed by atoms with E-state index < -0.39 is 18.0 Å². The van der Waals surface area contributed by atoms with Crippen molar-refractivity contribution in [1.29, 1.82) is 0 Å². The molecule has 0 saturated carbocycles. The van der Waals surface area contributed by atoms with Crippen molar-refractivity contribution in [2.24, 2.45) is 0 Å². The van der Waals surface area contributed by atoms with Gasteiger partial charge in [0.05, 0.1) is 0 Å². The van der Waals surface area contributed by atoms with Crippen LogP contribution in [0.4, 0.5) is 12.9 Å². The van der Waals surface area contributed by atoms with Crippen molar-refractivity contribution in [2.45, 2.75) is 19.4 Å². The summed E-state index contributed by atoms with van der Waals surface area (Å²) in [6, 6.07) is 4.58. The molecular formula is C11H11BF3O-. The maximum absolute atomic E-state index is 12.3. The molecule has 0 amide bonds. The molecule has 0 radical (unpaired) electrons. The summed E-state index contributed by atoms with van der Waals surface area (Å²) in [6.07, 6.45) is 0. The van der Waals surface area contributed by atoms with Gasteiger partial charge in [-0.15, -0.1) is 5.46 Å². The van der Waals surface area contributed by atoms with Gasteiger partial charge in [-0.2, -0.15) is 0 Å². The van der Waals surface area contributed by atoms with Crippen LogP contribution in [-0.4, -0.2) is 17.7 Å². The summed E-state index contributed by atoms with van der Waals surface area (Å²) in [5, 5.41) is 9.31. The second-order valence-corrected chi connectivity index (χ2v) is 4.01. The number of rotatable bonds is 1. The summed E-state index contributed by atoms with van der Waals surface area (Å²) in [5.41, 5.74) is -1.34. The van der Waals surface area contributed by atoms with E-state index in [1.165, 1.54) is 26.0 Å².